The zero-order valence-corrected chi connectivity index (χ0v) is 23.6. The van der Waals surface area contributed by atoms with Crippen molar-refractivity contribution in [2.24, 2.45) is 0 Å². The van der Waals surface area contributed by atoms with E-state index in [0.29, 0.717) is 36.0 Å². The average molecular weight is 556 g/mol. The van der Waals surface area contributed by atoms with Crippen molar-refractivity contribution in [1.82, 2.24) is 14.8 Å². The van der Waals surface area contributed by atoms with Gasteiger partial charge in [-0.3, -0.25) is 9.59 Å². The smallest absolute Gasteiger partial charge is 0.246 e. The maximum atomic E-state index is 14.2. The molecule has 9 heteroatoms. The number of benzene rings is 3. The Kier molecular flexibility index (Phi) is 6.95. The number of carbonyl (C=O) groups excluding carboxylic acids is 2. The molecule has 2 atom stereocenters. The summed E-state index contributed by atoms with van der Waals surface area (Å²) in [6.45, 7) is 2.61. The van der Waals surface area contributed by atoms with Gasteiger partial charge in [0.15, 0.2) is 11.5 Å². The zero-order valence-electron chi connectivity index (χ0n) is 23.6. The van der Waals surface area contributed by atoms with Crippen molar-refractivity contribution >= 4 is 22.7 Å². The van der Waals surface area contributed by atoms with Crippen molar-refractivity contribution < 1.29 is 28.5 Å². The number of H-pyrrole nitrogens is 1. The van der Waals surface area contributed by atoms with E-state index in [1.165, 1.54) is 0 Å². The Balaban J connectivity index is 1.42. The van der Waals surface area contributed by atoms with Crippen LogP contribution in [0.3, 0.4) is 0 Å². The molecule has 1 saturated heterocycles. The topological polar surface area (TPSA) is 93.3 Å². The number of ether oxygens (including phenoxy) is 4. The minimum atomic E-state index is -0.662. The third-order valence-corrected chi connectivity index (χ3v) is 7.95. The predicted octanol–water partition coefficient (Wildman–Crippen LogP) is 4.48. The highest BCUT2D eigenvalue weighted by molar-refractivity contribution is 5.97. The standard InChI is InChI=1S/C32H33N3O6/c1-5-41-25-13-9-7-11-21(25)30-29-22(20-10-6-8-12-23(20)33-29)16-24-32(37)34(18-28(36)35(24)30)17-19-14-26(38-2)31(40-4)27(15-19)39-3/h6-15,24,30,33H,5,16-18H2,1-4H3/t24-,30-/m0/s1. The number of nitrogens with one attached hydrogen (secondary N) is 1. The number of methoxy groups -OCH3 is 3. The van der Waals surface area contributed by atoms with Crippen molar-refractivity contribution in [3.63, 3.8) is 0 Å². The molecule has 4 aromatic rings. The molecule has 3 aromatic carbocycles. The minimum Gasteiger partial charge on any atom is -0.494 e. The van der Waals surface area contributed by atoms with Crippen LogP contribution in [0.25, 0.3) is 10.9 Å². The Morgan fingerprint density at radius 3 is 2.32 bits per heavy atom. The number of hydrogen-bond donors (Lipinski definition) is 1. The molecule has 1 aromatic heterocycles. The quantitative estimate of drug-likeness (QED) is 0.345. The highest BCUT2D eigenvalue weighted by Crippen LogP contribution is 2.45. The van der Waals surface area contributed by atoms with E-state index in [4.69, 9.17) is 18.9 Å². The monoisotopic (exact) mass is 555 g/mol. The molecular weight excluding hydrogens is 522 g/mol. The molecule has 1 N–H and O–H groups in total. The molecule has 41 heavy (non-hydrogen) atoms. The number of para-hydroxylation sites is 2. The first-order valence-corrected chi connectivity index (χ1v) is 13.7. The molecule has 0 bridgehead atoms. The molecule has 9 nitrogen and oxygen atoms in total. The maximum absolute atomic E-state index is 14.2. The summed E-state index contributed by atoms with van der Waals surface area (Å²) in [5, 5.41) is 1.06. The summed E-state index contributed by atoms with van der Waals surface area (Å²) >= 11 is 0. The number of carbonyl (C=O) groups is 2. The van der Waals surface area contributed by atoms with Crippen molar-refractivity contribution in [2.45, 2.75) is 32.0 Å². The predicted molar refractivity (Wildman–Crippen MR) is 154 cm³/mol. The Morgan fingerprint density at radius 1 is 0.902 bits per heavy atom. The number of nitrogens with zero attached hydrogens (tertiary/aromatic N) is 2. The molecule has 0 unspecified atom stereocenters. The number of amides is 2. The summed E-state index contributed by atoms with van der Waals surface area (Å²) < 4.78 is 22.5. The second kappa shape index (κ2) is 10.7. The third kappa shape index (κ3) is 4.41. The van der Waals surface area contributed by atoms with Crippen LogP contribution >= 0.6 is 0 Å². The molecule has 2 amide bonds. The Morgan fingerprint density at radius 2 is 1.61 bits per heavy atom. The molecule has 212 valence electrons. The van der Waals surface area contributed by atoms with Crippen LogP contribution in [0.4, 0.5) is 0 Å². The van der Waals surface area contributed by atoms with Gasteiger partial charge in [0.05, 0.1) is 27.9 Å². The van der Waals surface area contributed by atoms with Crippen LogP contribution in [-0.4, -0.2) is 67.1 Å². The van der Waals surface area contributed by atoms with Gasteiger partial charge in [-0.1, -0.05) is 36.4 Å². The van der Waals surface area contributed by atoms with Gasteiger partial charge < -0.3 is 33.7 Å². The molecule has 1 fully saturated rings. The van der Waals surface area contributed by atoms with E-state index < -0.39 is 12.1 Å². The Bertz CT molecular complexity index is 1600. The normalized spacial score (nSPS) is 18.2. The van der Waals surface area contributed by atoms with Gasteiger partial charge in [0, 0.05) is 35.1 Å². The lowest BCUT2D eigenvalue weighted by atomic mass is 9.85. The average Bonchev–Trinajstić information content (AvgIpc) is 3.37. The zero-order chi connectivity index (χ0) is 28.7. The molecular formula is C32H33N3O6. The highest BCUT2D eigenvalue weighted by atomic mass is 16.5. The van der Waals surface area contributed by atoms with E-state index in [1.807, 2.05) is 61.5 Å². The Labute approximate surface area is 238 Å². The number of piperazine rings is 1. The molecule has 3 heterocycles. The molecule has 0 aliphatic carbocycles. The van der Waals surface area contributed by atoms with Crippen LogP contribution in [-0.2, 0) is 22.6 Å². The van der Waals surface area contributed by atoms with E-state index in [2.05, 4.69) is 11.1 Å². The van der Waals surface area contributed by atoms with Gasteiger partial charge in [-0.05, 0) is 42.3 Å². The molecule has 0 radical (unpaired) electrons. The van der Waals surface area contributed by atoms with Gasteiger partial charge in [0.2, 0.25) is 17.6 Å². The van der Waals surface area contributed by atoms with Crippen LogP contribution in [0.1, 0.15) is 35.3 Å². The second-order valence-electron chi connectivity index (χ2n) is 10.2. The number of rotatable bonds is 8. The lowest BCUT2D eigenvalue weighted by Crippen LogP contribution is -2.62. The minimum absolute atomic E-state index is 0.0468. The van der Waals surface area contributed by atoms with Crippen LogP contribution < -0.4 is 18.9 Å². The third-order valence-electron chi connectivity index (χ3n) is 7.95. The first kappa shape index (κ1) is 26.6. The maximum Gasteiger partial charge on any atom is 0.246 e. The van der Waals surface area contributed by atoms with E-state index >= 15 is 0 Å². The lowest BCUT2D eigenvalue weighted by Gasteiger charge is -2.47. The van der Waals surface area contributed by atoms with Crippen molar-refractivity contribution in [2.75, 3.05) is 34.5 Å². The van der Waals surface area contributed by atoms with Crippen LogP contribution in [0.15, 0.2) is 60.7 Å². The molecule has 0 saturated carbocycles. The summed E-state index contributed by atoms with van der Waals surface area (Å²) in [6, 6.07) is 18.3. The lowest BCUT2D eigenvalue weighted by molar-refractivity contribution is -0.159. The fraction of sp³-hybridized carbons (Fsp3) is 0.312. The molecule has 2 aliphatic rings. The van der Waals surface area contributed by atoms with Gasteiger partial charge >= 0.3 is 0 Å². The summed E-state index contributed by atoms with van der Waals surface area (Å²) in [6.07, 6.45) is 0.420. The van der Waals surface area contributed by atoms with Gasteiger partial charge in [-0.15, -0.1) is 0 Å². The van der Waals surface area contributed by atoms with Crippen LogP contribution in [0, 0.1) is 0 Å². The van der Waals surface area contributed by atoms with Gasteiger partial charge in [0.1, 0.15) is 24.4 Å². The second-order valence-corrected chi connectivity index (χ2v) is 10.2. The van der Waals surface area contributed by atoms with E-state index in [1.54, 1.807) is 31.1 Å². The molecule has 0 spiro atoms. The van der Waals surface area contributed by atoms with Crippen LogP contribution in [0.5, 0.6) is 23.0 Å². The van der Waals surface area contributed by atoms with E-state index in [0.717, 1.165) is 33.3 Å². The van der Waals surface area contributed by atoms with E-state index in [-0.39, 0.29) is 24.9 Å². The largest absolute Gasteiger partial charge is 0.494 e. The van der Waals surface area contributed by atoms with Gasteiger partial charge in [-0.25, -0.2) is 0 Å². The summed E-state index contributed by atoms with van der Waals surface area (Å²) in [5.41, 5.74) is 4.58. The Hall–Kier alpha value is -4.66. The fourth-order valence-electron chi connectivity index (χ4n) is 6.22. The van der Waals surface area contributed by atoms with Crippen LogP contribution in [0.2, 0.25) is 0 Å². The summed E-state index contributed by atoms with van der Waals surface area (Å²) in [5.74, 6) is 1.93. The summed E-state index contributed by atoms with van der Waals surface area (Å²) in [4.78, 5) is 35.2. The van der Waals surface area contributed by atoms with Gasteiger partial charge in [-0.2, -0.15) is 0 Å². The van der Waals surface area contributed by atoms with E-state index in [9.17, 15) is 9.59 Å². The highest BCUT2D eigenvalue weighted by Gasteiger charge is 2.48. The number of hydrogen-bond acceptors (Lipinski definition) is 6. The molecule has 6 rings (SSSR count). The van der Waals surface area contributed by atoms with Crippen molar-refractivity contribution in [3.05, 3.63) is 83.0 Å². The molecule has 2 aliphatic heterocycles. The number of aromatic amines is 1. The number of aromatic nitrogens is 1. The van der Waals surface area contributed by atoms with Gasteiger partial charge in [0.25, 0.3) is 0 Å². The van der Waals surface area contributed by atoms with Crippen molar-refractivity contribution in [3.8, 4) is 23.0 Å². The SMILES string of the molecule is CCOc1ccccc1[C@H]1c2[nH]c3ccccc3c2C[C@H]2C(=O)N(Cc3cc(OC)c(OC)c(OC)c3)CC(=O)N12. The first-order chi connectivity index (χ1) is 20.0. The number of fused-ring (bicyclic) bond motifs is 4. The summed E-state index contributed by atoms with van der Waals surface area (Å²) in [7, 11) is 4.65. The fourth-order valence-corrected chi connectivity index (χ4v) is 6.22. The van der Waals surface area contributed by atoms with Crippen molar-refractivity contribution in [1.29, 1.82) is 0 Å². The first-order valence-electron chi connectivity index (χ1n) is 13.7.